The molecule has 0 saturated heterocycles. The van der Waals surface area contributed by atoms with Crippen LogP contribution in [0, 0.1) is 0 Å². The van der Waals surface area contributed by atoms with Crippen molar-refractivity contribution in [2.75, 3.05) is 19.5 Å². The number of pyridine rings is 1. The van der Waals surface area contributed by atoms with Crippen LogP contribution in [0.3, 0.4) is 0 Å². The van der Waals surface area contributed by atoms with Crippen molar-refractivity contribution in [2.45, 2.75) is 18.5 Å². The number of aromatic nitrogens is 1. The first-order valence-electron chi connectivity index (χ1n) is 11.7. The number of hydrogen-bond acceptors (Lipinski definition) is 5. The molecule has 0 saturated carbocycles. The summed E-state index contributed by atoms with van der Waals surface area (Å²) in [5.74, 6) is 0.946. The minimum atomic E-state index is -0.252. The average Bonchev–Trinajstić information content (AvgIpc) is 3.30. The van der Waals surface area contributed by atoms with Crippen LogP contribution < -0.4 is 25.7 Å². The van der Waals surface area contributed by atoms with Crippen LogP contribution in [0.15, 0.2) is 89.9 Å². The lowest BCUT2D eigenvalue weighted by molar-refractivity contribution is 0.0951. The van der Waals surface area contributed by atoms with Crippen molar-refractivity contribution in [3.05, 3.63) is 123 Å². The number of hydrogen-bond donors (Lipinski definition) is 3. The number of carbonyl (C=O) groups excluding carboxylic acids is 1. The Bertz CT molecular complexity index is 1450. The van der Waals surface area contributed by atoms with Crippen LogP contribution in [0.5, 0.6) is 11.5 Å². The van der Waals surface area contributed by atoms with Gasteiger partial charge in [-0.15, -0.1) is 0 Å². The van der Waals surface area contributed by atoms with Crippen molar-refractivity contribution in [3.8, 4) is 11.5 Å². The van der Waals surface area contributed by atoms with Crippen LogP contribution in [-0.2, 0) is 6.54 Å². The quantitative estimate of drug-likeness (QED) is 0.358. The standard InChI is InChI=1S/C29H27N3O4/c1-35-24-13-10-18(15-25(24)36-2)17-31-28(33)20-11-12-23-22(16-20)26(19-7-4-3-5-8-19)27(32-23)21-9-6-14-30-29(21)34/h3-16,26-27,32H,17H2,1-2H3,(H,30,34)(H,31,33). The Balaban J connectivity index is 1.43. The maximum Gasteiger partial charge on any atom is 0.253 e. The summed E-state index contributed by atoms with van der Waals surface area (Å²) >= 11 is 0. The van der Waals surface area contributed by atoms with E-state index in [1.165, 1.54) is 0 Å². The van der Waals surface area contributed by atoms with Gasteiger partial charge < -0.3 is 25.1 Å². The smallest absolute Gasteiger partial charge is 0.253 e. The van der Waals surface area contributed by atoms with Crippen LogP contribution in [0.2, 0.25) is 0 Å². The van der Waals surface area contributed by atoms with Gasteiger partial charge in [0.05, 0.1) is 20.3 Å². The molecule has 0 radical (unpaired) electrons. The second-order valence-electron chi connectivity index (χ2n) is 8.64. The van der Waals surface area contributed by atoms with Crippen molar-refractivity contribution < 1.29 is 14.3 Å². The number of H-pyrrole nitrogens is 1. The van der Waals surface area contributed by atoms with Crippen LogP contribution in [0.4, 0.5) is 5.69 Å². The SMILES string of the molecule is COc1ccc(CNC(=O)c2ccc3c(c2)C(c2ccccc2)C(c2ccc[nH]c2=O)N3)cc1OC. The molecular formula is C29H27N3O4. The van der Waals surface area contributed by atoms with Gasteiger partial charge in [0.2, 0.25) is 0 Å². The van der Waals surface area contributed by atoms with Crippen molar-refractivity contribution >= 4 is 11.6 Å². The number of anilines is 1. The fourth-order valence-electron chi connectivity index (χ4n) is 4.77. The van der Waals surface area contributed by atoms with Gasteiger partial charge in [0, 0.05) is 35.5 Å². The van der Waals surface area contributed by atoms with Crippen molar-refractivity contribution in [2.24, 2.45) is 0 Å². The molecule has 5 rings (SSSR count). The second kappa shape index (κ2) is 10.00. The first-order valence-corrected chi connectivity index (χ1v) is 11.7. The summed E-state index contributed by atoms with van der Waals surface area (Å²) in [7, 11) is 3.17. The third-order valence-electron chi connectivity index (χ3n) is 6.54. The molecule has 7 heteroatoms. The largest absolute Gasteiger partial charge is 0.493 e. The molecule has 2 heterocycles. The highest BCUT2D eigenvalue weighted by Crippen LogP contribution is 2.47. The number of carbonyl (C=O) groups is 1. The molecule has 1 aliphatic heterocycles. The Morgan fingerprint density at radius 1 is 0.889 bits per heavy atom. The van der Waals surface area contributed by atoms with Crippen LogP contribution in [0.1, 0.15) is 44.6 Å². The molecule has 0 spiro atoms. The van der Waals surface area contributed by atoms with E-state index in [-0.39, 0.29) is 23.4 Å². The molecule has 36 heavy (non-hydrogen) atoms. The molecule has 2 unspecified atom stereocenters. The van der Waals surface area contributed by atoms with E-state index in [4.69, 9.17) is 9.47 Å². The van der Waals surface area contributed by atoms with E-state index < -0.39 is 0 Å². The highest BCUT2D eigenvalue weighted by Gasteiger charge is 2.36. The van der Waals surface area contributed by atoms with Crippen LogP contribution >= 0.6 is 0 Å². The van der Waals surface area contributed by atoms with E-state index in [1.54, 1.807) is 26.5 Å². The summed E-state index contributed by atoms with van der Waals surface area (Å²) < 4.78 is 10.6. The number of nitrogens with one attached hydrogen (secondary N) is 3. The summed E-state index contributed by atoms with van der Waals surface area (Å²) in [5, 5.41) is 6.50. The maximum atomic E-state index is 13.1. The van der Waals surface area contributed by atoms with E-state index in [0.717, 1.165) is 22.4 Å². The first-order chi connectivity index (χ1) is 17.6. The molecule has 3 N–H and O–H groups in total. The Kier molecular flexibility index (Phi) is 6.45. The number of fused-ring (bicyclic) bond motifs is 1. The normalized spacial score (nSPS) is 16.1. The molecule has 0 fully saturated rings. The van der Waals surface area contributed by atoms with E-state index in [9.17, 15) is 9.59 Å². The van der Waals surface area contributed by atoms with Crippen LogP contribution in [0.25, 0.3) is 0 Å². The molecule has 4 aromatic rings. The zero-order valence-electron chi connectivity index (χ0n) is 20.1. The van der Waals surface area contributed by atoms with Gasteiger partial charge in [-0.3, -0.25) is 9.59 Å². The van der Waals surface area contributed by atoms with Gasteiger partial charge in [0.1, 0.15) is 0 Å². The van der Waals surface area contributed by atoms with Crippen molar-refractivity contribution in [3.63, 3.8) is 0 Å². The van der Waals surface area contributed by atoms with E-state index in [2.05, 4.69) is 27.8 Å². The molecule has 7 nitrogen and oxygen atoms in total. The number of benzene rings is 3. The number of rotatable bonds is 7. The summed E-state index contributed by atoms with van der Waals surface area (Å²) in [5.41, 5.74) is 4.94. The first kappa shape index (κ1) is 23.2. The van der Waals surface area contributed by atoms with Gasteiger partial charge in [-0.05, 0) is 59.2 Å². The zero-order chi connectivity index (χ0) is 25.1. The zero-order valence-corrected chi connectivity index (χ0v) is 20.1. The van der Waals surface area contributed by atoms with Gasteiger partial charge >= 0.3 is 0 Å². The molecule has 0 bridgehead atoms. The highest BCUT2D eigenvalue weighted by molar-refractivity contribution is 5.95. The highest BCUT2D eigenvalue weighted by atomic mass is 16.5. The van der Waals surface area contributed by atoms with Gasteiger partial charge in [-0.25, -0.2) is 0 Å². The van der Waals surface area contributed by atoms with Gasteiger partial charge in [-0.2, -0.15) is 0 Å². The summed E-state index contributed by atoms with van der Waals surface area (Å²) in [6.07, 6.45) is 1.63. The third kappa shape index (κ3) is 4.43. The topological polar surface area (TPSA) is 92.5 Å². The number of aromatic amines is 1. The number of ether oxygens (including phenoxy) is 2. The lowest BCUT2D eigenvalue weighted by atomic mass is 9.84. The predicted octanol–water partition coefficient (Wildman–Crippen LogP) is 4.62. The fraction of sp³-hybridized carbons (Fsp3) is 0.172. The fourth-order valence-corrected chi connectivity index (χ4v) is 4.77. The molecule has 2 atom stereocenters. The molecule has 182 valence electrons. The summed E-state index contributed by atoms with van der Waals surface area (Å²) in [6, 6.07) is 24.6. The Labute approximate surface area is 209 Å². The summed E-state index contributed by atoms with van der Waals surface area (Å²) in [6.45, 7) is 0.346. The predicted molar refractivity (Wildman–Crippen MR) is 139 cm³/mol. The lowest BCUT2D eigenvalue weighted by Crippen LogP contribution is -2.23. The van der Waals surface area contributed by atoms with E-state index >= 15 is 0 Å². The minimum absolute atomic E-state index is 0.122. The number of methoxy groups -OCH3 is 2. The Morgan fingerprint density at radius 2 is 1.69 bits per heavy atom. The third-order valence-corrected chi connectivity index (χ3v) is 6.54. The van der Waals surface area contributed by atoms with Gasteiger partial charge in [0.15, 0.2) is 11.5 Å². The molecule has 1 aromatic heterocycles. The maximum absolute atomic E-state index is 13.1. The van der Waals surface area contributed by atoms with E-state index in [0.29, 0.717) is 29.2 Å². The minimum Gasteiger partial charge on any atom is -0.493 e. The van der Waals surface area contributed by atoms with Gasteiger partial charge in [-0.1, -0.05) is 36.4 Å². The van der Waals surface area contributed by atoms with Crippen molar-refractivity contribution in [1.82, 2.24) is 10.3 Å². The Morgan fingerprint density at radius 3 is 2.44 bits per heavy atom. The van der Waals surface area contributed by atoms with E-state index in [1.807, 2.05) is 60.7 Å². The number of amides is 1. The molecule has 0 aliphatic carbocycles. The molecular weight excluding hydrogens is 454 g/mol. The summed E-state index contributed by atoms with van der Waals surface area (Å²) in [4.78, 5) is 28.5. The van der Waals surface area contributed by atoms with Gasteiger partial charge in [0.25, 0.3) is 11.5 Å². The second-order valence-corrected chi connectivity index (χ2v) is 8.64. The van der Waals surface area contributed by atoms with Crippen LogP contribution in [-0.4, -0.2) is 25.1 Å². The molecule has 1 aliphatic rings. The van der Waals surface area contributed by atoms with Crippen molar-refractivity contribution in [1.29, 1.82) is 0 Å². The Hall–Kier alpha value is -4.52. The molecule has 3 aromatic carbocycles. The molecule has 1 amide bonds. The average molecular weight is 482 g/mol. The lowest BCUT2D eigenvalue weighted by Gasteiger charge is -2.21. The monoisotopic (exact) mass is 481 g/mol.